The predicted octanol–water partition coefficient (Wildman–Crippen LogP) is 3.19. The lowest BCUT2D eigenvalue weighted by Crippen LogP contribution is -2.17. The number of carbonyl (C=O) groups is 2. The number of ether oxygens (including phenoxy) is 2. The van der Waals surface area contributed by atoms with Crippen molar-refractivity contribution >= 4 is 23.2 Å². The van der Waals surface area contributed by atoms with E-state index in [1.165, 1.54) is 18.3 Å². The standard InChI is InChI=1S/C21H14N4O4/c22-11-13-1-3-15(4-2-13)24-20(26)14-7-8-23-17(9-14)21(27)25-16-5-6-18-19(10-16)29-12-28-18/h1-10H,12H2,(H,24,26)(H,25,27). The molecule has 0 saturated heterocycles. The maximum Gasteiger partial charge on any atom is 0.274 e. The summed E-state index contributed by atoms with van der Waals surface area (Å²) in [6, 6.07) is 16.4. The smallest absolute Gasteiger partial charge is 0.274 e. The molecule has 0 unspecified atom stereocenters. The lowest BCUT2D eigenvalue weighted by molar-refractivity contribution is 0.102. The molecule has 2 N–H and O–H groups in total. The van der Waals surface area contributed by atoms with E-state index in [-0.39, 0.29) is 18.1 Å². The van der Waals surface area contributed by atoms with E-state index in [0.717, 1.165) is 0 Å². The number of amides is 2. The summed E-state index contributed by atoms with van der Waals surface area (Å²) in [4.78, 5) is 29.0. The van der Waals surface area contributed by atoms with Gasteiger partial charge in [0.25, 0.3) is 11.8 Å². The third-order valence-corrected chi connectivity index (χ3v) is 4.16. The molecule has 0 saturated carbocycles. The highest BCUT2D eigenvalue weighted by atomic mass is 16.7. The van der Waals surface area contributed by atoms with Crippen molar-refractivity contribution in [2.24, 2.45) is 0 Å². The molecule has 142 valence electrons. The van der Waals surface area contributed by atoms with Crippen LogP contribution >= 0.6 is 0 Å². The number of carbonyl (C=O) groups excluding carboxylic acids is 2. The molecule has 0 atom stereocenters. The molecular weight excluding hydrogens is 372 g/mol. The molecule has 8 nitrogen and oxygen atoms in total. The van der Waals surface area contributed by atoms with E-state index in [4.69, 9.17) is 14.7 Å². The average molecular weight is 386 g/mol. The Morgan fingerprint density at radius 1 is 0.897 bits per heavy atom. The summed E-state index contributed by atoms with van der Waals surface area (Å²) >= 11 is 0. The lowest BCUT2D eigenvalue weighted by atomic mass is 10.2. The van der Waals surface area contributed by atoms with Crippen LogP contribution in [0.25, 0.3) is 0 Å². The second-order valence-corrected chi connectivity index (χ2v) is 6.10. The summed E-state index contributed by atoms with van der Waals surface area (Å²) in [7, 11) is 0. The van der Waals surface area contributed by atoms with E-state index >= 15 is 0 Å². The van der Waals surface area contributed by atoms with Gasteiger partial charge in [0.05, 0.1) is 11.6 Å². The van der Waals surface area contributed by atoms with Crippen LogP contribution in [-0.4, -0.2) is 23.6 Å². The van der Waals surface area contributed by atoms with Gasteiger partial charge in [-0.05, 0) is 48.5 Å². The van der Waals surface area contributed by atoms with Gasteiger partial charge in [0.2, 0.25) is 6.79 Å². The van der Waals surface area contributed by atoms with Crippen molar-refractivity contribution < 1.29 is 19.1 Å². The molecule has 1 aliphatic rings. The minimum absolute atomic E-state index is 0.0927. The average Bonchev–Trinajstić information content (AvgIpc) is 3.22. The fourth-order valence-corrected chi connectivity index (χ4v) is 2.70. The van der Waals surface area contributed by atoms with Gasteiger partial charge >= 0.3 is 0 Å². The quantitative estimate of drug-likeness (QED) is 0.712. The molecule has 4 rings (SSSR count). The first kappa shape index (κ1) is 18.0. The summed E-state index contributed by atoms with van der Waals surface area (Å²) in [5.74, 6) is 0.306. The van der Waals surface area contributed by atoms with Gasteiger partial charge in [-0.2, -0.15) is 5.26 Å². The maximum atomic E-state index is 12.5. The molecular formula is C21H14N4O4. The zero-order valence-electron chi connectivity index (χ0n) is 15.0. The van der Waals surface area contributed by atoms with Crippen LogP contribution in [0.5, 0.6) is 11.5 Å². The second-order valence-electron chi connectivity index (χ2n) is 6.10. The monoisotopic (exact) mass is 386 g/mol. The molecule has 0 spiro atoms. The van der Waals surface area contributed by atoms with Gasteiger partial charge in [0, 0.05) is 29.2 Å². The van der Waals surface area contributed by atoms with Gasteiger partial charge in [0.1, 0.15) is 5.69 Å². The van der Waals surface area contributed by atoms with Crippen LogP contribution in [0.4, 0.5) is 11.4 Å². The molecule has 3 aromatic rings. The Morgan fingerprint density at radius 2 is 1.62 bits per heavy atom. The topological polar surface area (TPSA) is 113 Å². The van der Waals surface area contributed by atoms with Gasteiger partial charge in [-0.3, -0.25) is 14.6 Å². The maximum absolute atomic E-state index is 12.5. The number of fused-ring (bicyclic) bond motifs is 1. The van der Waals surface area contributed by atoms with Gasteiger partial charge in [-0.15, -0.1) is 0 Å². The largest absolute Gasteiger partial charge is 0.454 e. The Labute approximate surface area is 165 Å². The Hall–Kier alpha value is -4.38. The fraction of sp³-hybridized carbons (Fsp3) is 0.0476. The minimum Gasteiger partial charge on any atom is -0.454 e. The van der Waals surface area contributed by atoms with Crippen molar-refractivity contribution in [3.05, 3.63) is 77.6 Å². The Kier molecular flexibility index (Phi) is 4.78. The number of benzene rings is 2. The SMILES string of the molecule is N#Cc1ccc(NC(=O)c2ccnc(C(=O)Nc3ccc4c(c3)OCO4)c2)cc1. The van der Waals surface area contributed by atoms with E-state index in [9.17, 15) is 9.59 Å². The molecule has 1 aromatic heterocycles. The van der Waals surface area contributed by atoms with Crippen LogP contribution in [0.3, 0.4) is 0 Å². The van der Waals surface area contributed by atoms with Crippen molar-refractivity contribution in [2.75, 3.05) is 17.4 Å². The summed E-state index contributed by atoms with van der Waals surface area (Å²) in [6.45, 7) is 0.144. The molecule has 2 amide bonds. The van der Waals surface area contributed by atoms with Gasteiger partial charge < -0.3 is 20.1 Å². The number of pyridine rings is 1. The highest BCUT2D eigenvalue weighted by molar-refractivity contribution is 6.07. The van der Waals surface area contributed by atoms with Gasteiger partial charge in [-0.1, -0.05) is 0 Å². The molecule has 29 heavy (non-hydrogen) atoms. The molecule has 2 heterocycles. The molecule has 0 bridgehead atoms. The molecule has 0 radical (unpaired) electrons. The van der Waals surface area contributed by atoms with Crippen molar-refractivity contribution in [2.45, 2.75) is 0 Å². The number of aromatic nitrogens is 1. The molecule has 2 aromatic carbocycles. The van der Waals surface area contributed by atoms with E-state index in [2.05, 4.69) is 15.6 Å². The van der Waals surface area contributed by atoms with E-state index in [1.54, 1.807) is 42.5 Å². The molecule has 8 heteroatoms. The first-order chi connectivity index (χ1) is 14.1. The van der Waals surface area contributed by atoms with Crippen LogP contribution in [0, 0.1) is 11.3 Å². The number of nitrogens with zero attached hydrogens (tertiary/aromatic N) is 2. The van der Waals surface area contributed by atoms with Gasteiger partial charge in [0.15, 0.2) is 11.5 Å². The minimum atomic E-state index is -0.461. The fourth-order valence-electron chi connectivity index (χ4n) is 2.70. The van der Waals surface area contributed by atoms with Crippen molar-refractivity contribution in [3.63, 3.8) is 0 Å². The first-order valence-electron chi connectivity index (χ1n) is 8.61. The van der Waals surface area contributed by atoms with E-state index < -0.39 is 11.8 Å². The summed E-state index contributed by atoms with van der Waals surface area (Å²) in [5, 5.41) is 14.3. The molecule has 1 aliphatic heterocycles. The Balaban J connectivity index is 1.46. The van der Waals surface area contributed by atoms with Crippen LogP contribution in [-0.2, 0) is 0 Å². The van der Waals surface area contributed by atoms with Crippen LogP contribution in [0.15, 0.2) is 60.8 Å². The summed E-state index contributed by atoms with van der Waals surface area (Å²) in [5.41, 5.74) is 1.93. The van der Waals surface area contributed by atoms with Crippen molar-refractivity contribution in [1.29, 1.82) is 5.26 Å². The number of nitrogens with one attached hydrogen (secondary N) is 2. The zero-order valence-corrected chi connectivity index (χ0v) is 15.0. The number of nitriles is 1. The summed E-state index contributed by atoms with van der Waals surface area (Å²) < 4.78 is 10.5. The van der Waals surface area contributed by atoms with E-state index in [0.29, 0.717) is 28.4 Å². The highest BCUT2D eigenvalue weighted by Crippen LogP contribution is 2.34. The number of hydrogen-bond acceptors (Lipinski definition) is 6. The summed E-state index contributed by atoms with van der Waals surface area (Å²) in [6.07, 6.45) is 1.39. The molecule has 0 aliphatic carbocycles. The van der Waals surface area contributed by atoms with Crippen molar-refractivity contribution in [1.82, 2.24) is 4.98 Å². The first-order valence-corrected chi connectivity index (χ1v) is 8.61. The van der Waals surface area contributed by atoms with Crippen LogP contribution in [0.2, 0.25) is 0 Å². The number of hydrogen-bond donors (Lipinski definition) is 2. The lowest BCUT2D eigenvalue weighted by Gasteiger charge is -2.08. The Bertz CT molecular complexity index is 1140. The normalized spacial score (nSPS) is 11.4. The third kappa shape index (κ3) is 3.99. The number of rotatable bonds is 4. The van der Waals surface area contributed by atoms with Crippen molar-refractivity contribution in [3.8, 4) is 17.6 Å². The number of anilines is 2. The van der Waals surface area contributed by atoms with Crippen LogP contribution < -0.4 is 20.1 Å². The second kappa shape index (κ2) is 7.70. The van der Waals surface area contributed by atoms with E-state index in [1.807, 2.05) is 6.07 Å². The molecule has 0 fully saturated rings. The Morgan fingerprint density at radius 3 is 2.41 bits per heavy atom. The highest BCUT2D eigenvalue weighted by Gasteiger charge is 2.16. The predicted molar refractivity (Wildman–Crippen MR) is 104 cm³/mol. The third-order valence-electron chi connectivity index (χ3n) is 4.16. The zero-order chi connectivity index (χ0) is 20.2. The van der Waals surface area contributed by atoms with Gasteiger partial charge in [-0.25, -0.2) is 0 Å². The van der Waals surface area contributed by atoms with Crippen LogP contribution in [0.1, 0.15) is 26.4 Å².